The smallest absolute Gasteiger partial charge is 0.0185 e. The quantitative estimate of drug-likeness (QED) is 0.488. The number of nitrogens with one attached hydrogen (secondary N) is 1. The molecule has 0 unspecified atom stereocenters. The maximum Gasteiger partial charge on any atom is 0.0185 e. The average molecular weight is 389 g/mol. The van der Waals surface area contributed by atoms with E-state index in [4.69, 9.17) is 0 Å². The first-order valence-corrected chi connectivity index (χ1v) is 12.6. The van der Waals surface area contributed by atoms with Gasteiger partial charge < -0.3 is 5.32 Å². The molecule has 1 aromatic rings. The van der Waals surface area contributed by atoms with E-state index in [2.05, 4.69) is 40.5 Å². The van der Waals surface area contributed by atoms with Crippen molar-refractivity contribution in [3.63, 3.8) is 0 Å². The van der Waals surface area contributed by atoms with E-state index in [0.29, 0.717) is 0 Å². The van der Waals surface area contributed by atoms with Crippen LogP contribution in [0.3, 0.4) is 0 Å². The second kappa shape index (κ2) is 12.9. The van der Waals surface area contributed by atoms with Crippen LogP contribution in [0.5, 0.6) is 0 Å². The summed E-state index contributed by atoms with van der Waals surface area (Å²) in [5, 5.41) is 3.72. The zero-order valence-corrected chi connectivity index (χ0v) is 18.0. The number of hydrogen-bond donors (Lipinski definition) is 1. The predicted molar refractivity (Wildman–Crippen MR) is 120 cm³/mol. The Labute approximate surface area is 171 Å². The molecule has 1 aromatic carbocycles. The van der Waals surface area contributed by atoms with Crippen molar-refractivity contribution in [3.8, 4) is 0 Å². The molecule has 152 valence electrons. The van der Waals surface area contributed by atoms with Gasteiger partial charge in [0.15, 0.2) is 0 Å². The predicted octanol–water partition coefficient (Wildman–Crippen LogP) is 5.72. The Kier molecular flexibility index (Phi) is 10.1. The molecule has 0 atom stereocenters. The molecule has 0 bridgehead atoms. The number of rotatable bonds is 11. The van der Waals surface area contributed by atoms with Gasteiger partial charge in [-0.05, 0) is 37.2 Å². The fourth-order valence-corrected chi connectivity index (χ4v) is 5.69. The highest BCUT2D eigenvalue weighted by atomic mass is 32.2. The Hall–Kier alpha value is -0.510. The summed E-state index contributed by atoms with van der Waals surface area (Å²) < 4.78 is 0. The fraction of sp³-hybridized carbons (Fsp3) is 0.750. The molecule has 27 heavy (non-hydrogen) atoms. The zero-order valence-electron chi connectivity index (χ0n) is 17.2. The van der Waals surface area contributed by atoms with Crippen molar-refractivity contribution in [2.75, 3.05) is 31.9 Å². The van der Waals surface area contributed by atoms with Gasteiger partial charge in [0.05, 0.1) is 0 Å². The molecule has 1 N–H and O–H groups in total. The molecule has 2 saturated carbocycles. The van der Waals surface area contributed by atoms with Crippen LogP contribution in [0.4, 0.5) is 0 Å². The van der Waals surface area contributed by atoms with Crippen LogP contribution in [-0.2, 0) is 5.75 Å². The molecular formula is C24H40N2S. The van der Waals surface area contributed by atoms with E-state index in [1.54, 1.807) is 0 Å². The van der Waals surface area contributed by atoms with Gasteiger partial charge in [-0.3, -0.25) is 4.90 Å². The normalized spacial score (nSPS) is 19.6. The van der Waals surface area contributed by atoms with Gasteiger partial charge >= 0.3 is 0 Å². The highest BCUT2D eigenvalue weighted by molar-refractivity contribution is 7.98. The van der Waals surface area contributed by atoms with E-state index in [0.717, 1.165) is 30.8 Å². The van der Waals surface area contributed by atoms with Gasteiger partial charge in [-0.1, -0.05) is 68.9 Å². The topological polar surface area (TPSA) is 15.3 Å². The molecular weight excluding hydrogens is 348 g/mol. The average Bonchev–Trinajstić information content (AvgIpc) is 2.74. The maximum absolute atomic E-state index is 3.72. The summed E-state index contributed by atoms with van der Waals surface area (Å²) >= 11 is 2.05. The van der Waals surface area contributed by atoms with Gasteiger partial charge in [-0.25, -0.2) is 0 Å². The van der Waals surface area contributed by atoms with Crippen molar-refractivity contribution >= 4 is 11.8 Å². The number of hydrogen-bond acceptors (Lipinski definition) is 3. The van der Waals surface area contributed by atoms with Gasteiger partial charge in [-0.15, -0.1) is 0 Å². The summed E-state index contributed by atoms with van der Waals surface area (Å²) in [5.74, 6) is 3.32. The summed E-state index contributed by atoms with van der Waals surface area (Å²) in [4.78, 5) is 2.87. The molecule has 0 spiro atoms. The molecule has 2 fully saturated rings. The SMILES string of the molecule is c1ccc(CSCCNCCN(CC2CCCCC2)C2CCCCC2)cc1. The Morgan fingerprint density at radius 1 is 0.852 bits per heavy atom. The Balaban J connectivity index is 1.31. The highest BCUT2D eigenvalue weighted by Crippen LogP contribution is 2.28. The highest BCUT2D eigenvalue weighted by Gasteiger charge is 2.24. The number of thioether (sulfide) groups is 1. The van der Waals surface area contributed by atoms with Crippen molar-refractivity contribution in [1.29, 1.82) is 0 Å². The Morgan fingerprint density at radius 2 is 1.56 bits per heavy atom. The van der Waals surface area contributed by atoms with Crippen LogP contribution in [0.2, 0.25) is 0 Å². The Bertz CT molecular complexity index is 480. The van der Waals surface area contributed by atoms with Crippen LogP contribution < -0.4 is 5.32 Å². The third-order valence-electron chi connectivity index (χ3n) is 6.42. The standard InChI is InChI=1S/C24H40N2S/c1-4-10-22(11-5-1)20-26(24-14-8-3-9-15-24)18-16-25-17-19-27-21-23-12-6-2-7-13-23/h2,6-7,12-13,22,24-25H,1,3-5,8-11,14-21H2. The summed E-state index contributed by atoms with van der Waals surface area (Å²) in [7, 11) is 0. The van der Waals surface area contributed by atoms with E-state index in [-0.39, 0.29) is 0 Å². The third-order valence-corrected chi connectivity index (χ3v) is 7.45. The second-order valence-corrected chi connectivity index (χ2v) is 9.68. The van der Waals surface area contributed by atoms with Crippen molar-refractivity contribution in [2.45, 2.75) is 76.0 Å². The number of nitrogens with zero attached hydrogens (tertiary/aromatic N) is 1. The Morgan fingerprint density at radius 3 is 2.30 bits per heavy atom. The van der Waals surface area contributed by atoms with Crippen molar-refractivity contribution in [2.24, 2.45) is 5.92 Å². The zero-order chi connectivity index (χ0) is 18.6. The van der Waals surface area contributed by atoms with Crippen molar-refractivity contribution in [3.05, 3.63) is 35.9 Å². The fourth-order valence-electron chi connectivity index (χ4n) is 4.83. The van der Waals surface area contributed by atoms with Crippen LogP contribution in [0.15, 0.2) is 30.3 Å². The minimum Gasteiger partial charge on any atom is -0.315 e. The summed E-state index contributed by atoms with van der Waals surface area (Å²) in [6, 6.07) is 11.7. The minimum absolute atomic E-state index is 0.870. The molecule has 2 nitrogen and oxygen atoms in total. The molecule has 0 aromatic heterocycles. The van der Waals surface area contributed by atoms with Gasteiger partial charge in [0, 0.05) is 43.7 Å². The molecule has 2 aliphatic rings. The second-order valence-electron chi connectivity index (χ2n) is 8.58. The first-order chi connectivity index (χ1) is 13.4. The largest absolute Gasteiger partial charge is 0.315 e. The van der Waals surface area contributed by atoms with Crippen LogP contribution in [0, 0.1) is 5.92 Å². The van der Waals surface area contributed by atoms with Gasteiger partial charge in [0.2, 0.25) is 0 Å². The van der Waals surface area contributed by atoms with Crippen LogP contribution in [0.25, 0.3) is 0 Å². The molecule has 3 heteroatoms. The van der Waals surface area contributed by atoms with Crippen molar-refractivity contribution < 1.29 is 0 Å². The monoisotopic (exact) mass is 388 g/mol. The lowest BCUT2D eigenvalue weighted by Crippen LogP contribution is -2.44. The van der Waals surface area contributed by atoms with Crippen LogP contribution >= 0.6 is 11.8 Å². The maximum atomic E-state index is 3.72. The first-order valence-electron chi connectivity index (χ1n) is 11.5. The minimum atomic E-state index is 0.870. The molecule has 0 radical (unpaired) electrons. The third kappa shape index (κ3) is 8.17. The van der Waals surface area contributed by atoms with E-state index in [1.807, 2.05) is 11.8 Å². The van der Waals surface area contributed by atoms with Gasteiger partial charge in [-0.2, -0.15) is 11.8 Å². The van der Waals surface area contributed by atoms with E-state index in [1.165, 1.54) is 88.6 Å². The molecule has 0 amide bonds. The molecule has 0 saturated heterocycles. The molecule has 2 aliphatic carbocycles. The van der Waals surface area contributed by atoms with Gasteiger partial charge in [0.25, 0.3) is 0 Å². The number of benzene rings is 1. The lowest BCUT2D eigenvalue weighted by atomic mass is 9.87. The summed E-state index contributed by atoms with van der Waals surface area (Å²) in [6.45, 7) is 4.92. The van der Waals surface area contributed by atoms with E-state index < -0.39 is 0 Å². The molecule has 3 rings (SSSR count). The van der Waals surface area contributed by atoms with Crippen molar-refractivity contribution in [1.82, 2.24) is 10.2 Å². The summed E-state index contributed by atoms with van der Waals surface area (Å²) in [5.41, 5.74) is 1.44. The molecule has 0 heterocycles. The van der Waals surface area contributed by atoms with E-state index in [9.17, 15) is 0 Å². The molecule has 0 aliphatic heterocycles. The first kappa shape index (κ1) is 21.2. The summed E-state index contributed by atoms with van der Waals surface area (Å²) in [6.07, 6.45) is 14.6. The van der Waals surface area contributed by atoms with Crippen LogP contribution in [-0.4, -0.2) is 42.9 Å². The lowest BCUT2D eigenvalue weighted by Gasteiger charge is -2.37. The van der Waals surface area contributed by atoms with Crippen LogP contribution in [0.1, 0.15) is 69.8 Å². The van der Waals surface area contributed by atoms with E-state index >= 15 is 0 Å². The van der Waals surface area contributed by atoms with Gasteiger partial charge in [0.1, 0.15) is 0 Å². The lowest BCUT2D eigenvalue weighted by molar-refractivity contribution is 0.121.